The number of rotatable bonds is 1. The maximum Gasteiger partial charge on any atom is 0.213 e. The number of hydrogen-bond acceptors (Lipinski definition) is 4. The minimum Gasteiger partial charge on any atom is -0.438 e. The predicted octanol–water partition coefficient (Wildman–Crippen LogP) is 2.97. The van der Waals surface area contributed by atoms with Crippen LogP contribution in [0.3, 0.4) is 0 Å². The highest BCUT2D eigenvalue weighted by Gasteiger charge is 2.21. The average molecular weight is 299 g/mol. The lowest BCUT2D eigenvalue weighted by atomic mass is 10.3. The molecule has 0 bridgehead atoms. The van der Waals surface area contributed by atoms with Gasteiger partial charge in [0, 0.05) is 18.1 Å². The van der Waals surface area contributed by atoms with Crippen LogP contribution in [-0.2, 0) is 0 Å². The highest BCUT2D eigenvalue weighted by atomic mass is 79.9. The van der Waals surface area contributed by atoms with Gasteiger partial charge in [-0.3, -0.25) is 0 Å². The third kappa shape index (κ3) is 1.87. The molecule has 3 rings (SSSR count). The third-order valence-electron chi connectivity index (χ3n) is 2.60. The van der Waals surface area contributed by atoms with Crippen molar-refractivity contribution in [2.24, 2.45) is 0 Å². The zero-order valence-electron chi connectivity index (χ0n) is 8.57. The van der Waals surface area contributed by atoms with Crippen LogP contribution in [0, 0.1) is 0 Å². The molecule has 1 N–H and O–H groups in total. The average Bonchev–Trinajstić information content (AvgIpc) is 2.76. The molecule has 2 heterocycles. The Labute approximate surface area is 106 Å². The minimum atomic E-state index is 0.248. The Bertz CT molecular complexity index is 508. The van der Waals surface area contributed by atoms with Gasteiger partial charge in [-0.15, -0.1) is 0 Å². The number of halogens is 1. The van der Waals surface area contributed by atoms with Gasteiger partial charge in [0.25, 0.3) is 0 Å². The van der Waals surface area contributed by atoms with E-state index < -0.39 is 0 Å². The molecule has 16 heavy (non-hydrogen) atoms. The van der Waals surface area contributed by atoms with E-state index in [-0.39, 0.29) is 6.04 Å². The number of nitrogens with one attached hydrogen (secondary N) is 1. The molecular weight excluding hydrogens is 288 g/mol. The molecule has 0 amide bonds. The van der Waals surface area contributed by atoms with E-state index in [2.05, 4.69) is 26.2 Å². The largest absolute Gasteiger partial charge is 0.438 e. The summed E-state index contributed by atoms with van der Waals surface area (Å²) in [5, 5.41) is 3.42. The number of oxazole rings is 1. The van der Waals surface area contributed by atoms with E-state index in [0.717, 1.165) is 33.8 Å². The minimum absolute atomic E-state index is 0.248. The monoisotopic (exact) mass is 298 g/mol. The van der Waals surface area contributed by atoms with Gasteiger partial charge in [0.1, 0.15) is 5.52 Å². The second-order valence-electron chi connectivity index (χ2n) is 3.72. The van der Waals surface area contributed by atoms with Gasteiger partial charge in [-0.2, -0.15) is 11.8 Å². The standard InChI is InChI=1S/C11H11BrN2OS/c12-7-2-1-3-8-10(7)15-11(14-8)9-6-16-5-4-13-9/h1-3,9,13H,4-6H2. The molecule has 5 heteroatoms. The van der Waals surface area contributed by atoms with Crippen LogP contribution in [0.1, 0.15) is 11.9 Å². The summed E-state index contributed by atoms with van der Waals surface area (Å²) in [5.41, 5.74) is 1.76. The molecule has 84 valence electrons. The molecule has 3 nitrogen and oxygen atoms in total. The second-order valence-corrected chi connectivity index (χ2v) is 5.73. The first kappa shape index (κ1) is 10.6. The summed E-state index contributed by atoms with van der Waals surface area (Å²) in [6.07, 6.45) is 0. The molecule has 1 unspecified atom stereocenters. The van der Waals surface area contributed by atoms with E-state index in [4.69, 9.17) is 4.42 Å². The Morgan fingerprint density at radius 1 is 1.50 bits per heavy atom. The molecule has 1 fully saturated rings. The number of para-hydroxylation sites is 1. The summed E-state index contributed by atoms with van der Waals surface area (Å²) in [6, 6.07) is 6.17. The van der Waals surface area contributed by atoms with Crippen molar-refractivity contribution in [3.63, 3.8) is 0 Å². The summed E-state index contributed by atoms with van der Waals surface area (Å²) in [7, 11) is 0. The number of benzene rings is 1. The molecule has 1 saturated heterocycles. The maximum absolute atomic E-state index is 5.80. The Morgan fingerprint density at radius 3 is 3.19 bits per heavy atom. The molecule has 0 radical (unpaired) electrons. The first-order valence-corrected chi connectivity index (χ1v) is 7.15. The van der Waals surface area contributed by atoms with Gasteiger partial charge in [-0.25, -0.2) is 4.98 Å². The SMILES string of the molecule is Brc1cccc2nc(C3CSCCN3)oc12. The van der Waals surface area contributed by atoms with Gasteiger partial charge >= 0.3 is 0 Å². The molecule has 0 aliphatic carbocycles. The van der Waals surface area contributed by atoms with Crippen molar-refractivity contribution in [2.45, 2.75) is 6.04 Å². The van der Waals surface area contributed by atoms with E-state index in [0.29, 0.717) is 0 Å². The molecule has 1 aliphatic heterocycles. The van der Waals surface area contributed by atoms with Crippen LogP contribution in [0.15, 0.2) is 27.1 Å². The van der Waals surface area contributed by atoms with Crippen LogP contribution in [-0.4, -0.2) is 23.0 Å². The summed E-state index contributed by atoms with van der Waals surface area (Å²) in [6.45, 7) is 1.02. The van der Waals surface area contributed by atoms with E-state index in [1.807, 2.05) is 30.0 Å². The fraction of sp³-hybridized carbons (Fsp3) is 0.364. The molecule has 2 aromatic rings. The van der Waals surface area contributed by atoms with E-state index in [1.165, 1.54) is 5.75 Å². The van der Waals surface area contributed by atoms with Crippen molar-refractivity contribution in [3.8, 4) is 0 Å². The zero-order chi connectivity index (χ0) is 11.0. The van der Waals surface area contributed by atoms with Crippen LogP contribution in [0.25, 0.3) is 11.1 Å². The van der Waals surface area contributed by atoms with Gasteiger partial charge < -0.3 is 9.73 Å². The first-order valence-electron chi connectivity index (χ1n) is 5.20. The smallest absolute Gasteiger partial charge is 0.213 e. The quantitative estimate of drug-likeness (QED) is 0.878. The van der Waals surface area contributed by atoms with Crippen molar-refractivity contribution in [1.82, 2.24) is 10.3 Å². The van der Waals surface area contributed by atoms with Crippen LogP contribution < -0.4 is 5.32 Å². The van der Waals surface area contributed by atoms with Gasteiger partial charge in [-0.05, 0) is 28.1 Å². The predicted molar refractivity (Wildman–Crippen MR) is 69.8 cm³/mol. The zero-order valence-corrected chi connectivity index (χ0v) is 11.0. The van der Waals surface area contributed by atoms with Crippen molar-refractivity contribution in [2.75, 3.05) is 18.1 Å². The molecule has 0 saturated carbocycles. The van der Waals surface area contributed by atoms with Crippen molar-refractivity contribution < 1.29 is 4.42 Å². The molecule has 0 spiro atoms. The number of hydrogen-bond donors (Lipinski definition) is 1. The van der Waals surface area contributed by atoms with E-state index in [9.17, 15) is 0 Å². The summed E-state index contributed by atoms with van der Waals surface area (Å²) in [4.78, 5) is 4.52. The van der Waals surface area contributed by atoms with Gasteiger partial charge in [0.2, 0.25) is 5.89 Å². The lowest BCUT2D eigenvalue weighted by molar-refractivity contribution is 0.441. The maximum atomic E-state index is 5.80. The Hall–Kier alpha value is -0.520. The van der Waals surface area contributed by atoms with Gasteiger partial charge in [0.05, 0.1) is 10.5 Å². The normalized spacial score (nSPS) is 21.4. The molecule has 1 aliphatic rings. The second kappa shape index (κ2) is 4.39. The van der Waals surface area contributed by atoms with Crippen LogP contribution in [0.2, 0.25) is 0 Å². The fourth-order valence-electron chi connectivity index (χ4n) is 1.81. The van der Waals surface area contributed by atoms with Crippen molar-refractivity contribution in [3.05, 3.63) is 28.6 Å². The molecule has 1 aromatic carbocycles. The third-order valence-corrected chi connectivity index (χ3v) is 4.29. The lowest BCUT2D eigenvalue weighted by Gasteiger charge is -2.19. The molecule has 1 atom stereocenters. The lowest BCUT2D eigenvalue weighted by Crippen LogP contribution is -2.30. The summed E-state index contributed by atoms with van der Waals surface area (Å²) >= 11 is 5.41. The Balaban J connectivity index is 2.01. The number of thioether (sulfide) groups is 1. The summed E-state index contributed by atoms with van der Waals surface area (Å²) < 4.78 is 6.77. The Kier molecular flexibility index (Phi) is 2.91. The van der Waals surface area contributed by atoms with Crippen LogP contribution in [0.4, 0.5) is 0 Å². The van der Waals surface area contributed by atoms with Gasteiger partial charge in [0.15, 0.2) is 5.58 Å². The van der Waals surface area contributed by atoms with Gasteiger partial charge in [-0.1, -0.05) is 6.07 Å². The highest BCUT2D eigenvalue weighted by molar-refractivity contribution is 9.10. The van der Waals surface area contributed by atoms with Crippen LogP contribution in [0.5, 0.6) is 0 Å². The highest BCUT2D eigenvalue weighted by Crippen LogP contribution is 2.28. The fourth-order valence-corrected chi connectivity index (χ4v) is 3.17. The topological polar surface area (TPSA) is 38.1 Å². The first-order chi connectivity index (χ1) is 7.84. The van der Waals surface area contributed by atoms with Crippen LogP contribution >= 0.6 is 27.7 Å². The Morgan fingerprint density at radius 2 is 2.44 bits per heavy atom. The van der Waals surface area contributed by atoms with Crippen molar-refractivity contribution in [1.29, 1.82) is 0 Å². The van der Waals surface area contributed by atoms with Crippen molar-refractivity contribution >= 4 is 38.8 Å². The van der Waals surface area contributed by atoms with E-state index >= 15 is 0 Å². The number of fused-ring (bicyclic) bond motifs is 1. The van der Waals surface area contributed by atoms with E-state index in [1.54, 1.807) is 0 Å². The summed E-state index contributed by atoms with van der Waals surface area (Å²) in [5.74, 6) is 3.00. The number of nitrogens with zero attached hydrogens (tertiary/aromatic N) is 1. The molecular formula is C11H11BrN2OS. The number of aromatic nitrogens is 1. The molecule has 1 aromatic heterocycles.